The van der Waals surface area contributed by atoms with Crippen LogP contribution in [0.1, 0.15) is 13.8 Å². The fourth-order valence-corrected chi connectivity index (χ4v) is 2.31. The molecule has 0 spiro atoms. The third kappa shape index (κ3) is 3.32. The molecule has 0 radical (unpaired) electrons. The summed E-state index contributed by atoms with van der Waals surface area (Å²) in [6, 6.07) is 5.77. The Labute approximate surface area is 101 Å². The van der Waals surface area contributed by atoms with Crippen molar-refractivity contribution in [3.63, 3.8) is 0 Å². The molecule has 0 unspecified atom stereocenters. The number of hydrogen-bond acceptors (Lipinski definition) is 4. The van der Waals surface area contributed by atoms with E-state index in [-0.39, 0.29) is 4.75 Å². The van der Waals surface area contributed by atoms with Crippen molar-refractivity contribution >= 4 is 11.8 Å². The predicted octanol–water partition coefficient (Wildman–Crippen LogP) is 2.53. The van der Waals surface area contributed by atoms with Crippen LogP contribution >= 0.6 is 11.8 Å². The van der Waals surface area contributed by atoms with Crippen molar-refractivity contribution in [3.05, 3.63) is 18.2 Å². The minimum absolute atomic E-state index is 0.0142. The second-order valence-electron chi connectivity index (χ2n) is 4.08. The molecule has 90 valence electrons. The van der Waals surface area contributed by atoms with Crippen LogP contribution < -0.4 is 15.2 Å². The predicted molar refractivity (Wildman–Crippen MR) is 68.5 cm³/mol. The number of hydrogen-bond donors (Lipinski definition) is 1. The van der Waals surface area contributed by atoms with Crippen molar-refractivity contribution in [2.45, 2.75) is 23.5 Å². The van der Waals surface area contributed by atoms with E-state index in [0.717, 1.165) is 16.4 Å². The molecule has 0 aliphatic heterocycles. The summed E-state index contributed by atoms with van der Waals surface area (Å²) in [4.78, 5) is 1.05. The Balaban J connectivity index is 3.00. The van der Waals surface area contributed by atoms with Gasteiger partial charge in [-0.3, -0.25) is 0 Å². The van der Waals surface area contributed by atoms with Gasteiger partial charge in [-0.05, 0) is 32.0 Å². The van der Waals surface area contributed by atoms with E-state index < -0.39 is 0 Å². The fourth-order valence-electron chi connectivity index (χ4n) is 1.20. The molecule has 0 saturated heterocycles. The molecule has 16 heavy (non-hydrogen) atoms. The molecule has 0 aromatic heterocycles. The van der Waals surface area contributed by atoms with Gasteiger partial charge in [0.25, 0.3) is 0 Å². The maximum absolute atomic E-state index is 5.72. The van der Waals surface area contributed by atoms with Gasteiger partial charge in [-0.2, -0.15) is 0 Å². The lowest BCUT2D eigenvalue weighted by Crippen LogP contribution is -2.26. The number of methoxy groups -OCH3 is 2. The summed E-state index contributed by atoms with van der Waals surface area (Å²) in [6.45, 7) is 4.82. The summed E-state index contributed by atoms with van der Waals surface area (Å²) >= 11 is 1.70. The molecular formula is C12H19NO2S. The number of ether oxygens (including phenoxy) is 2. The Kier molecular flexibility index (Phi) is 4.50. The Morgan fingerprint density at radius 2 is 1.94 bits per heavy atom. The average molecular weight is 241 g/mol. The zero-order valence-electron chi connectivity index (χ0n) is 10.2. The molecule has 0 aliphatic carbocycles. The van der Waals surface area contributed by atoms with Gasteiger partial charge in [-0.25, -0.2) is 0 Å². The summed E-state index contributed by atoms with van der Waals surface area (Å²) < 4.78 is 10.5. The van der Waals surface area contributed by atoms with Crippen LogP contribution in [0.5, 0.6) is 11.5 Å². The molecule has 1 aromatic rings. The lowest BCUT2D eigenvalue weighted by molar-refractivity contribution is 0.394. The van der Waals surface area contributed by atoms with Crippen LogP contribution in [0, 0.1) is 0 Å². The molecule has 0 amide bonds. The molecular weight excluding hydrogens is 222 g/mol. The van der Waals surface area contributed by atoms with Gasteiger partial charge in [0.2, 0.25) is 0 Å². The summed E-state index contributed by atoms with van der Waals surface area (Å²) in [5, 5.41) is 0. The first-order valence-corrected chi connectivity index (χ1v) is 5.95. The quantitative estimate of drug-likeness (QED) is 0.805. The van der Waals surface area contributed by atoms with Crippen molar-refractivity contribution < 1.29 is 9.47 Å². The van der Waals surface area contributed by atoms with Crippen LogP contribution in [0.25, 0.3) is 0 Å². The van der Waals surface area contributed by atoms with Gasteiger partial charge in [-0.1, -0.05) is 0 Å². The van der Waals surface area contributed by atoms with Gasteiger partial charge in [0, 0.05) is 11.3 Å². The van der Waals surface area contributed by atoms with Crippen molar-refractivity contribution in [1.29, 1.82) is 0 Å². The van der Waals surface area contributed by atoms with Gasteiger partial charge >= 0.3 is 0 Å². The van der Waals surface area contributed by atoms with E-state index in [4.69, 9.17) is 15.2 Å². The third-order valence-corrected chi connectivity index (χ3v) is 3.51. The Hall–Kier alpha value is -0.870. The second-order valence-corrected chi connectivity index (χ2v) is 5.83. The zero-order valence-corrected chi connectivity index (χ0v) is 11.1. The monoisotopic (exact) mass is 241 g/mol. The average Bonchev–Trinajstić information content (AvgIpc) is 2.28. The zero-order chi connectivity index (χ0) is 12.2. The minimum Gasteiger partial charge on any atom is -0.497 e. The van der Waals surface area contributed by atoms with E-state index in [9.17, 15) is 0 Å². The van der Waals surface area contributed by atoms with Gasteiger partial charge < -0.3 is 15.2 Å². The standard InChI is InChI=1S/C12H19NO2S/c1-12(2,8-13)16-11-7-9(14-3)5-6-10(11)15-4/h5-7H,8,13H2,1-4H3. The minimum atomic E-state index is -0.0142. The van der Waals surface area contributed by atoms with Crippen LogP contribution in [-0.4, -0.2) is 25.5 Å². The first kappa shape index (κ1) is 13.2. The molecule has 0 saturated carbocycles. The third-order valence-electron chi connectivity index (χ3n) is 2.25. The van der Waals surface area contributed by atoms with Gasteiger partial charge in [0.15, 0.2) is 0 Å². The van der Waals surface area contributed by atoms with Crippen LogP contribution in [0.2, 0.25) is 0 Å². The van der Waals surface area contributed by atoms with E-state index in [0.29, 0.717) is 6.54 Å². The Bertz CT molecular complexity index is 353. The highest BCUT2D eigenvalue weighted by Crippen LogP contribution is 2.39. The van der Waals surface area contributed by atoms with Crippen LogP contribution in [0.15, 0.2) is 23.1 Å². The SMILES string of the molecule is COc1ccc(OC)c(SC(C)(C)CN)c1. The molecule has 4 heteroatoms. The lowest BCUT2D eigenvalue weighted by atomic mass is 10.2. The molecule has 0 fully saturated rings. The Morgan fingerprint density at radius 1 is 1.25 bits per heavy atom. The fraction of sp³-hybridized carbons (Fsp3) is 0.500. The number of nitrogens with two attached hydrogens (primary N) is 1. The highest BCUT2D eigenvalue weighted by Gasteiger charge is 2.19. The molecule has 0 atom stereocenters. The molecule has 0 bridgehead atoms. The first-order valence-electron chi connectivity index (χ1n) is 5.13. The summed E-state index contributed by atoms with van der Waals surface area (Å²) in [5.41, 5.74) is 5.72. The molecule has 0 heterocycles. The van der Waals surface area contributed by atoms with E-state index in [1.807, 2.05) is 18.2 Å². The second kappa shape index (κ2) is 5.46. The largest absolute Gasteiger partial charge is 0.497 e. The van der Waals surface area contributed by atoms with E-state index in [1.165, 1.54) is 0 Å². The van der Waals surface area contributed by atoms with Gasteiger partial charge in [-0.15, -0.1) is 11.8 Å². The Morgan fingerprint density at radius 3 is 2.44 bits per heavy atom. The van der Waals surface area contributed by atoms with Crippen molar-refractivity contribution in [2.24, 2.45) is 5.73 Å². The van der Waals surface area contributed by atoms with Crippen LogP contribution in [-0.2, 0) is 0 Å². The molecule has 0 aliphatic rings. The smallest absolute Gasteiger partial charge is 0.132 e. The highest BCUT2D eigenvalue weighted by atomic mass is 32.2. The summed E-state index contributed by atoms with van der Waals surface area (Å²) in [6.07, 6.45) is 0. The highest BCUT2D eigenvalue weighted by molar-refractivity contribution is 8.00. The molecule has 1 aromatic carbocycles. The number of benzene rings is 1. The molecule has 3 nitrogen and oxygen atoms in total. The van der Waals surface area contributed by atoms with E-state index >= 15 is 0 Å². The number of thioether (sulfide) groups is 1. The normalized spacial score (nSPS) is 11.3. The number of rotatable bonds is 5. The van der Waals surface area contributed by atoms with E-state index in [2.05, 4.69) is 13.8 Å². The first-order chi connectivity index (χ1) is 7.52. The van der Waals surface area contributed by atoms with Gasteiger partial charge in [0.05, 0.1) is 19.1 Å². The molecule has 2 N–H and O–H groups in total. The van der Waals surface area contributed by atoms with E-state index in [1.54, 1.807) is 26.0 Å². The van der Waals surface area contributed by atoms with Crippen LogP contribution in [0.3, 0.4) is 0 Å². The lowest BCUT2D eigenvalue weighted by Gasteiger charge is -2.23. The van der Waals surface area contributed by atoms with Gasteiger partial charge in [0.1, 0.15) is 11.5 Å². The molecule has 1 rings (SSSR count). The summed E-state index contributed by atoms with van der Waals surface area (Å²) in [7, 11) is 3.33. The van der Waals surface area contributed by atoms with Crippen LogP contribution in [0.4, 0.5) is 0 Å². The maximum atomic E-state index is 5.72. The maximum Gasteiger partial charge on any atom is 0.132 e. The van der Waals surface area contributed by atoms with Crippen molar-refractivity contribution in [3.8, 4) is 11.5 Å². The topological polar surface area (TPSA) is 44.5 Å². The van der Waals surface area contributed by atoms with Crippen molar-refractivity contribution in [2.75, 3.05) is 20.8 Å². The van der Waals surface area contributed by atoms with Crippen molar-refractivity contribution in [1.82, 2.24) is 0 Å². The summed E-state index contributed by atoms with van der Waals surface area (Å²) in [5.74, 6) is 1.68.